The van der Waals surface area contributed by atoms with E-state index in [-0.39, 0.29) is 13.0 Å². The van der Waals surface area contributed by atoms with Crippen LogP contribution in [-0.2, 0) is 23.7 Å². The number of aliphatic hydroxyl groups is 6. The summed E-state index contributed by atoms with van der Waals surface area (Å²) >= 11 is 0. The highest BCUT2D eigenvalue weighted by atomic mass is 16.8. The van der Waals surface area contributed by atoms with E-state index in [0.717, 1.165) is 5.57 Å². The molecule has 2 aliphatic heterocycles. The minimum atomic E-state index is -1.63. The third kappa shape index (κ3) is 6.35. The molecule has 10 unspecified atom stereocenters. The van der Waals surface area contributed by atoms with Crippen LogP contribution in [0.3, 0.4) is 0 Å². The number of esters is 1. The van der Waals surface area contributed by atoms with Crippen molar-refractivity contribution in [1.82, 2.24) is 0 Å². The average molecular weight is 515 g/mol. The van der Waals surface area contributed by atoms with Gasteiger partial charge in [-0.2, -0.15) is 0 Å². The molecule has 0 aromatic heterocycles. The van der Waals surface area contributed by atoms with Crippen LogP contribution in [0.25, 0.3) is 0 Å². The van der Waals surface area contributed by atoms with Crippen LogP contribution in [-0.4, -0.2) is 98.5 Å². The number of allylic oxidation sites excluding steroid dienone is 2. The van der Waals surface area contributed by atoms with E-state index in [2.05, 4.69) is 0 Å². The molecule has 1 saturated heterocycles. The number of fused-ring (bicyclic) bond motifs is 1. The van der Waals surface area contributed by atoms with Gasteiger partial charge in [0.2, 0.25) is 6.29 Å². The number of ether oxygens (including phenoxy) is 4. The third-order valence-electron chi connectivity index (χ3n) is 7.11. The molecule has 2 fully saturated rings. The molecule has 36 heavy (non-hydrogen) atoms. The van der Waals surface area contributed by atoms with Gasteiger partial charge in [0, 0.05) is 17.9 Å². The van der Waals surface area contributed by atoms with Gasteiger partial charge in [-0.15, -0.1) is 0 Å². The lowest BCUT2D eigenvalue weighted by molar-refractivity contribution is -0.346. The molecule has 204 valence electrons. The second-order valence-corrected chi connectivity index (χ2v) is 9.93. The van der Waals surface area contributed by atoms with Crippen molar-refractivity contribution >= 4 is 5.97 Å². The first-order chi connectivity index (χ1) is 17.0. The highest BCUT2D eigenvalue weighted by Gasteiger charge is 2.58. The molecule has 0 bridgehead atoms. The molecule has 1 aliphatic carbocycles. The zero-order valence-corrected chi connectivity index (χ0v) is 20.8. The molecule has 3 rings (SSSR count). The molecule has 0 spiro atoms. The largest absolute Gasteiger partial charge is 0.472 e. The minimum Gasteiger partial charge on any atom is -0.472 e. The molecule has 0 aromatic rings. The maximum absolute atomic E-state index is 12.7. The van der Waals surface area contributed by atoms with E-state index in [9.17, 15) is 30.3 Å². The van der Waals surface area contributed by atoms with Crippen molar-refractivity contribution in [2.24, 2.45) is 11.8 Å². The fourth-order valence-electron chi connectivity index (χ4n) is 4.98. The van der Waals surface area contributed by atoms with Crippen LogP contribution in [0.1, 0.15) is 40.0 Å². The van der Waals surface area contributed by atoms with Crippen molar-refractivity contribution in [3.63, 3.8) is 0 Å². The maximum atomic E-state index is 12.7. The number of aliphatic hydroxyl groups excluding tert-OH is 5. The summed E-state index contributed by atoms with van der Waals surface area (Å²) in [5, 5.41) is 59.9. The first-order valence-electron chi connectivity index (χ1n) is 12.1. The Bertz CT molecular complexity index is 849. The van der Waals surface area contributed by atoms with E-state index >= 15 is 0 Å². The van der Waals surface area contributed by atoms with Crippen molar-refractivity contribution in [2.45, 2.75) is 88.7 Å². The van der Waals surface area contributed by atoms with E-state index in [1.807, 2.05) is 6.92 Å². The Labute approximate surface area is 210 Å². The molecule has 11 nitrogen and oxygen atoms in total. The monoisotopic (exact) mass is 514 g/mol. The van der Waals surface area contributed by atoms with Crippen LogP contribution in [0.2, 0.25) is 0 Å². The molecule has 1 saturated carbocycles. The first kappa shape index (κ1) is 28.7. The average Bonchev–Trinajstić information content (AvgIpc) is 3.09. The Hall–Kier alpha value is -1.83. The van der Waals surface area contributed by atoms with Gasteiger partial charge in [-0.25, -0.2) is 4.79 Å². The Morgan fingerprint density at radius 3 is 2.50 bits per heavy atom. The standard InChI is InChI=1S/C25H38O11/c1-13(7-9-26)5-4-6-14(2)22(31)34-16-11-25(3,32)18-15(16)8-10-33-23(18)36-24-21(30)20(29)19(28)17(12-27)35-24/h6-8,10,15-21,23-24,26-30,32H,4-5,9,11-12H2,1-3H3. The van der Waals surface area contributed by atoms with Crippen LogP contribution in [0.15, 0.2) is 35.6 Å². The molecule has 0 radical (unpaired) electrons. The van der Waals surface area contributed by atoms with E-state index in [4.69, 9.17) is 24.1 Å². The van der Waals surface area contributed by atoms with Crippen LogP contribution in [0, 0.1) is 11.8 Å². The van der Waals surface area contributed by atoms with Gasteiger partial charge in [-0.1, -0.05) is 17.7 Å². The number of carbonyl (C=O) groups excluding carboxylic acids is 1. The number of hydrogen-bond donors (Lipinski definition) is 6. The van der Waals surface area contributed by atoms with Gasteiger partial charge < -0.3 is 49.6 Å². The smallest absolute Gasteiger partial charge is 0.333 e. The van der Waals surface area contributed by atoms with Crippen LogP contribution < -0.4 is 0 Å². The molecule has 6 N–H and O–H groups in total. The predicted octanol–water partition coefficient (Wildman–Crippen LogP) is -0.363. The molecule has 10 atom stereocenters. The summed E-state index contributed by atoms with van der Waals surface area (Å²) in [6.07, 6.45) is -1.23. The van der Waals surface area contributed by atoms with Gasteiger partial charge in [-0.3, -0.25) is 0 Å². The second-order valence-electron chi connectivity index (χ2n) is 9.93. The highest BCUT2D eigenvalue weighted by Crippen LogP contribution is 2.48. The third-order valence-corrected chi connectivity index (χ3v) is 7.11. The zero-order valence-electron chi connectivity index (χ0n) is 20.8. The maximum Gasteiger partial charge on any atom is 0.333 e. The van der Waals surface area contributed by atoms with Gasteiger partial charge in [0.05, 0.1) is 31.0 Å². The quantitative estimate of drug-likeness (QED) is 0.135. The van der Waals surface area contributed by atoms with Crippen molar-refractivity contribution in [2.75, 3.05) is 13.2 Å². The normalized spacial score (nSPS) is 41.1. The molecule has 0 amide bonds. The molecular formula is C25H38O11. The summed E-state index contributed by atoms with van der Waals surface area (Å²) in [4.78, 5) is 12.7. The van der Waals surface area contributed by atoms with Crippen LogP contribution in [0.5, 0.6) is 0 Å². The summed E-state index contributed by atoms with van der Waals surface area (Å²) in [5.41, 5.74) is 0.0747. The summed E-state index contributed by atoms with van der Waals surface area (Å²) in [6, 6.07) is 0. The van der Waals surface area contributed by atoms with Crippen LogP contribution in [0.4, 0.5) is 0 Å². The zero-order chi connectivity index (χ0) is 26.6. The SMILES string of the molecule is CC(=CCO)CCC=C(C)C(=O)OC1CC(C)(O)C2C(OC3OC(CO)C(O)C(O)C3O)OC=CC12. The summed E-state index contributed by atoms with van der Waals surface area (Å²) in [5.74, 6) is -1.68. The molecule has 3 aliphatic rings. The number of carbonyl (C=O) groups is 1. The summed E-state index contributed by atoms with van der Waals surface area (Å²) in [7, 11) is 0. The first-order valence-corrected chi connectivity index (χ1v) is 12.1. The Morgan fingerprint density at radius 1 is 1.11 bits per heavy atom. The predicted molar refractivity (Wildman–Crippen MR) is 125 cm³/mol. The Kier molecular flexibility index (Phi) is 9.69. The van der Waals surface area contributed by atoms with Gasteiger partial charge in [0.15, 0.2) is 6.29 Å². The fourth-order valence-corrected chi connectivity index (χ4v) is 4.98. The topological polar surface area (TPSA) is 175 Å². The molecule has 11 heteroatoms. The van der Waals surface area contributed by atoms with Crippen molar-refractivity contribution in [1.29, 1.82) is 0 Å². The van der Waals surface area contributed by atoms with Gasteiger partial charge >= 0.3 is 5.97 Å². The minimum absolute atomic E-state index is 0.0287. The Balaban J connectivity index is 1.67. The lowest BCUT2D eigenvalue weighted by Gasteiger charge is -2.43. The number of rotatable bonds is 9. The van der Waals surface area contributed by atoms with Gasteiger partial charge in [-0.05, 0) is 39.7 Å². The fraction of sp³-hybridized carbons (Fsp3) is 0.720. The van der Waals surface area contributed by atoms with Gasteiger partial charge in [0.1, 0.15) is 30.5 Å². The van der Waals surface area contributed by atoms with Crippen LogP contribution >= 0.6 is 0 Å². The summed E-state index contributed by atoms with van der Waals surface area (Å²) in [6.45, 7) is 4.49. The van der Waals surface area contributed by atoms with Crippen molar-refractivity contribution < 1.29 is 54.4 Å². The lowest BCUT2D eigenvalue weighted by atomic mass is 9.85. The summed E-state index contributed by atoms with van der Waals surface area (Å²) < 4.78 is 22.5. The second kappa shape index (κ2) is 12.1. The van der Waals surface area contributed by atoms with E-state index in [0.29, 0.717) is 18.4 Å². The van der Waals surface area contributed by atoms with E-state index in [1.165, 1.54) is 6.26 Å². The molecular weight excluding hydrogens is 476 g/mol. The van der Waals surface area contributed by atoms with E-state index in [1.54, 1.807) is 32.1 Å². The lowest BCUT2D eigenvalue weighted by Crippen LogP contribution is -2.60. The van der Waals surface area contributed by atoms with Crippen molar-refractivity contribution in [3.05, 3.63) is 35.6 Å². The number of hydrogen-bond acceptors (Lipinski definition) is 11. The van der Waals surface area contributed by atoms with E-state index < -0.39 is 73.1 Å². The molecule has 0 aromatic carbocycles. The molecule has 2 heterocycles. The highest BCUT2D eigenvalue weighted by molar-refractivity contribution is 5.87. The van der Waals surface area contributed by atoms with Crippen molar-refractivity contribution in [3.8, 4) is 0 Å². The Morgan fingerprint density at radius 2 is 1.83 bits per heavy atom. The van der Waals surface area contributed by atoms with Gasteiger partial charge in [0.25, 0.3) is 0 Å².